The van der Waals surface area contributed by atoms with Crippen LogP contribution in [0.15, 0.2) is 41.3 Å². The molecule has 9 nitrogen and oxygen atoms in total. The number of rotatable bonds is 5. The molecule has 4 heterocycles. The van der Waals surface area contributed by atoms with Crippen LogP contribution in [0.5, 0.6) is 0 Å². The first-order chi connectivity index (χ1) is 15.7. The van der Waals surface area contributed by atoms with E-state index >= 15 is 0 Å². The SMILES string of the molecule is C[C@H](Nc1nccc(-c2c(-c3ccc(F)cc3)c(=O)n3n2CC2(C3)OCCO2)n1)C(C)(C)O. The van der Waals surface area contributed by atoms with E-state index in [2.05, 4.69) is 15.3 Å². The van der Waals surface area contributed by atoms with E-state index in [1.807, 2.05) is 11.6 Å². The highest BCUT2D eigenvalue weighted by Gasteiger charge is 2.46. The number of benzene rings is 1. The lowest BCUT2D eigenvalue weighted by atomic mass is 10.0. The summed E-state index contributed by atoms with van der Waals surface area (Å²) in [5, 5.41) is 13.4. The average Bonchev–Trinajstić information content (AvgIpc) is 3.44. The summed E-state index contributed by atoms with van der Waals surface area (Å²) in [6.45, 7) is 6.74. The molecule has 2 aliphatic rings. The van der Waals surface area contributed by atoms with Gasteiger partial charge in [-0.15, -0.1) is 0 Å². The number of hydrogen-bond donors (Lipinski definition) is 2. The number of fused-ring (bicyclic) bond motifs is 1. The number of aromatic nitrogens is 4. The van der Waals surface area contributed by atoms with E-state index in [1.165, 1.54) is 12.1 Å². The average molecular weight is 455 g/mol. The predicted molar refractivity (Wildman–Crippen MR) is 119 cm³/mol. The maximum atomic E-state index is 13.6. The number of nitrogens with zero attached hydrogens (tertiary/aromatic N) is 4. The number of ether oxygens (including phenoxy) is 2. The number of halogens is 1. The highest BCUT2D eigenvalue weighted by atomic mass is 19.1. The number of nitrogens with one attached hydrogen (secondary N) is 1. The van der Waals surface area contributed by atoms with E-state index in [-0.39, 0.29) is 24.0 Å². The molecule has 10 heteroatoms. The van der Waals surface area contributed by atoms with Gasteiger partial charge in [0.15, 0.2) is 0 Å². The molecule has 174 valence electrons. The second-order valence-corrected chi connectivity index (χ2v) is 9.04. The van der Waals surface area contributed by atoms with Crippen LogP contribution in [-0.2, 0) is 22.6 Å². The second-order valence-electron chi connectivity index (χ2n) is 9.04. The molecule has 1 saturated heterocycles. The third-order valence-corrected chi connectivity index (χ3v) is 6.27. The van der Waals surface area contributed by atoms with Gasteiger partial charge < -0.3 is 19.9 Å². The van der Waals surface area contributed by atoms with E-state index in [1.54, 1.807) is 42.9 Å². The molecule has 1 fully saturated rings. The molecular formula is C23H26FN5O4. The van der Waals surface area contributed by atoms with Crippen LogP contribution >= 0.6 is 0 Å². The fourth-order valence-electron chi connectivity index (χ4n) is 4.16. The Balaban J connectivity index is 1.64. The molecule has 1 aromatic carbocycles. The maximum absolute atomic E-state index is 13.6. The largest absolute Gasteiger partial charge is 0.388 e. The van der Waals surface area contributed by atoms with Gasteiger partial charge in [-0.3, -0.25) is 9.48 Å². The van der Waals surface area contributed by atoms with Crippen molar-refractivity contribution in [3.05, 3.63) is 52.7 Å². The molecule has 0 radical (unpaired) electrons. The van der Waals surface area contributed by atoms with E-state index in [0.29, 0.717) is 48.2 Å². The minimum Gasteiger partial charge on any atom is -0.388 e. The van der Waals surface area contributed by atoms with Gasteiger partial charge in [0.2, 0.25) is 11.7 Å². The Labute approximate surface area is 189 Å². The van der Waals surface area contributed by atoms with Crippen molar-refractivity contribution in [3.63, 3.8) is 0 Å². The predicted octanol–water partition coefficient (Wildman–Crippen LogP) is 2.24. The first-order valence-electron chi connectivity index (χ1n) is 10.9. The van der Waals surface area contributed by atoms with Gasteiger partial charge in [0.1, 0.15) is 5.82 Å². The van der Waals surface area contributed by atoms with Crippen LogP contribution in [0, 0.1) is 5.82 Å². The number of anilines is 1. The Morgan fingerprint density at radius 2 is 1.82 bits per heavy atom. The number of aliphatic hydroxyl groups is 1. The normalized spacial score (nSPS) is 18.0. The molecule has 0 amide bonds. The van der Waals surface area contributed by atoms with Crippen molar-refractivity contribution in [2.24, 2.45) is 0 Å². The second kappa shape index (κ2) is 7.75. The van der Waals surface area contributed by atoms with Gasteiger partial charge >= 0.3 is 0 Å². The van der Waals surface area contributed by atoms with Gasteiger partial charge in [0.05, 0.1) is 54.9 Å². The first-order valence-corrected chi connectivity index (χ1v) is 10.9. The highest BCUT2D eigenvalue weighted by molar-refractivity contribution is 5.79. The molecule has 3 aromatic rings. The van der Waals surface area contributed by atoms with Crippen molar-refractivity contribution in [2.75, 3.05) is 18.5 Å². The molecule has 0 aliphatic carbocycles. The smallest absolute Gasteiger partial charge is 0.275 e. The van der Waals surface area contributed by atoms with E-state index in [0.717, 1.165) is 0 Å². The van der Waals surface area contributed by atoms with Crippen molar-refractivity contribution >= 4 is 5.95 Å². The van der Waals surface area contributed by atoms with E-state index in [9.17, 15) is 14.3 Å². The lowest BCUT2D eigenvalue weighted by molar-refractivity contribution is -0.158. The summed E-state index contributed by atoms with van der Waals surface area (Å²) in [5.74, 6) is -0.937. The minimum atomic E-state index is -0.990. The van der Waals surface area contributed by atoms with Crippen LogP contribution in [-0.4, -0.2) is 55.1 Å². The van der Waals surface area contributed by atoms with Crippen molar-refractivity contribution in [3.8, 4) is 22.5 Å². The first kappa shape index (κ1) is 21.7. The molecule has 2 aliphatic heterocycles. The lowest BCUT2D eigenvalue weighted by Crippen LogP contribution is -2.39. The Morgan fingerprint density at radius 1 is 1.15 bits per heavy atom. The molecule has 2 aromatic heterocycles. The zero-order valence-electron chi connectivity index (χ0n) is 18.7. The molecule has 1 atom stereocenters. The molecule has 33 heavy (non-hydrogen) atoms. The fourth-order valence-corrected chi connectivity index (χ4v) is 4.16. The summed E-state index contributed by atoms with van der Waals surface area (Å²) in [4.78, 5) is 22.4. The van der Waals surface area contributed by atoms with E-state index in [4.69, 9.17) is 9.47 Å². The van der Waals surface area contributed by atoms with Gasteiger partial charge in [-0.2, -0.15) is 0 Å². The molecule has 0 bridgehead atoms. The van der Waals surface area contributed by atoms with Crippen LogP contribution in [0.4, 0.5) is 10.3 Å². The molecule has 2 N–H and O–H groups in total. The fraction of sp³-hybridized carbons (Fsp3) is 0.435. The van der Waals surface area contributed by atoms with Crippen LogP contribution in [0.2, 0.25) is 0 Å². The Bertz CT molecular complexity index is 1240. The maximum Gasteiger partial charge on any atom is 0.275 e. The molecule has 5 rings (SSSR count). The van der Waals surface area contributed by atoms with Crippen LogP contribution in [0.25, 0.3) is 22.5 Å². The Morgan fingerprint density at radius 3 is 2.48 bits per heavy atom. The summed E-state index contributed by atoms with van der Waals surface area (Å²) in [5.41, 5.74) is 0.876. The van der Waals surface area contributed by atoms with Crippen molar-refractivity contribution in [1.29, 1.82) is 0 Å². The molecular weight excluding hydrogens is 429 g/mol. The van der Waals surface area contributed by atoms with Crippen molar-refractivity contribution in [2.45, 2.75) is 51.3 Å². The van der Waals surface area contributed by atoms with Crippen LogP contribution < -0.4 is 10.9 Å². The topological polar surface area (TPSA) is 103 Å². The summed E-state index contributed by atoms with van der Waals surface area (Å²) in [6.07, 6.45) is 1.60. The quantitative estimate of drug-likeness (QED) is 0.608. The summed E-state index contributed by atoms with van der Waals surface area (Å²) in [7, 11) is 0. The molecule has 0 unspecified atom stereocenters. The van der Waals surface area contributed by atoms with Crippen molar-refractivity contribution < 1.29 is 19.0 Å². The summed E-state index contributed by atoms with van der Waals surface area (Å²) >= 11 is 0. The lowest BCUT2D eigenvalue weighted by Gasteiger charge is -2.26. The van der Waals surface area contributed by atoms with Gasteiger partial charge in [-0.25, -0.2) is 19.0 Å². The standard InChI is InChI=1S/C23H26FN5O4/c1-14(22(2,3)31)26-21-25-9-8-17(27-21)19-18(15-4-6-16(24)7-5-15)20(30)29-13-23(12-28(19)29)32-10-11-33-23/h4-9,14,31H,10-13H2,1-3H3,(H,25,26,27)/t14-/m0/s1. The zero-order valence-corrected chi connectivity index (χ0v) is 18.7. The van der Waals surface area contributed by atoms with Gasteiger partial charge in [0.25, 0.3) is 5.56 Å². The van der Waals surface area contributed by atoms with Gasteiger partial charge in [-0.1, -0.05) is 12.1 Å². The van der Waals surface area contributed by atoms with E-state index < -0.39 is 11.4 Å². The third kappa shape index (κ3) is 3.84. The van der Waals surface area contributed by atoms with Crippen molar-refractivity contribution in [1.82, 2.24) is 19.3 Å². The summed E-state index contributed by atoms with van der Waals surface area (Å²) in [6, 6.07) is 7.22. The number of hydrogen-bond acceptors (Lipinski definition) is 7. The van der Waals surface area contributed by atoms with Crippen LogP contribution in [0.1, 0.15) is 20.8 Å². The summed E-state index contributed by atoms with van der Waals surface area (Å²) < 4.78 is 28.7. The monoisotopic (exact) mass is 455 g/mol. The molecule has 1 spiro atoms. The Hall–Kier alpha value is -3.08. The highest BCUT2D eigenvalue weighted by Crippen LogP contribution is 2.36. The Kier molecular flexibility index (Phi) is 5.11. The van der Waals surface area contributed by atoms with Gasteiger partial charge in [0, 0.05) is 6.20 Å². The zero-order chi connectivity index (χ0) is 23.4. The van der Waals surface area contributed by atoms with Gasteiger partial charge in [-0.05, 0) is 44.5 Å². The molecule has 0 saturated carbocycles. The minimum absolute atomic E-state index is 0.231. The third-order valence-electron chi connectivity index (χ3n) is 6.27. The van der Waals surface area contributed by atoms with Crippen LogP contribution in [0.3, 0.4) is 0 Å².